The van der Waals surface area contributed by atoms with Gasteiger partial charge in [-0.05, 0) is 42.5 Å². The SMILES string of the molecule is CC.NC(=O)N(c1ccc(CO)c(-c2ccc(F)cc2)n1)c1c(F)cccc1F. The molecule has 0 radical (unpaired) electrons. The number of carbonyl (C=O) groups excluding carboxylic acids is 1. The zero-order valence-electron chi connectivity index (χ0n) is 15.9. The minimum atomic E-state index is -1.15. The third-order valence-electron chi connectivity index (χ3n) is 3.86. The number of urea groups is 1. The van der Waals surface area contributed by atoms with Crippen LogP contribution in [0.25, 0.3) is 11.3 Å². The maximum absolute atomic E-state index is 14.2. The lowest BCUT2D eigenvalue weighted by Crippen LogP contribution is -2.33. The smallest absolute Gasteiger partial charge is 0.325 e. The molecule has 0 spiro atoms. The van der Waals surface area contributed by atoms with E-state index >= 15 is 0 Å². The molecule has 0 aliphatic heterocycles. The molecular formula is C21H20F3N3O2. The van der Waals surface area contributed by atoms with Gasteiger partial charge in [-0.1, -0.05) is 26.0 Å². The van der Waals surface area contributed by atoms with Crippen molar-refractivity contribution in [2.24, 2.45) is 5.73 Å². The first-order valence-corrected chi connectivity index (χ1v) is 8.82. The molecule has 3 rings (SSSR count). The normalized spacial score (nSPS) is 10.1. The van der Waals surface area contributed by atoms with Crippen molar-refractivity contribution in [1.29, 1.82) is 0 Å². The van der Waals surface area contributed by atoms with Gasteiger partial charge in [-0.15, -0.1) is 0 Å². The molecule has 1 aromatic heterocycles. The number of hydrogen-bond donors (Lipinski definition) is 2. The number of amides is 2. The van der Waals surface area contributed by atoms with Crippen LogP contribution >= 0.6 is 0 Å². The Morgan fingerprint density at radius 2 is 1.59 bits per heavy atom. The van der Waals surface area contributed by atoms with Gasteiger partial charge in [0.1, 0.15) is 29.0 Å². The third kappa shape index (κ3) is 4.72. The van der Waals surface area contributed by atoms with Crippen molar-refractivity contribution in [1.82, 2.24) is 4.98 Å². The van der Waals surface area contributed by atoms with Crippen molar-refractivity contribution in [2.75, 3.05) is 4.90 Å². The zero-order chi connectivity index (χ0) is 21.6. The van der Waals surface area contributed by atoms with Crippen LogP contribution in [-0.2, 0) is 6.61 Å². The van der Waals surface area contributed by atoms with Crippen LogP contribution in [0.2, 0.25) is 0 Å². The monoisotopic (exact) mass is 403 g/mol. The molecule has 152 valence electrons. The molecule has 2 amide bonds. The van der Waals surface area contributed by atoms with E-state index in [9.17, 15) is 23.1 Å². The van der Waals surface area contributed by atoms with E-state index in [0.29, 0.717) is 16.0 Å². The number of carbonyl (C=O) groups is 1. The van der Waals surface area contributed by atoms with E-state index in [1.165, 1.54) is 36.4 Å². The average molecular weight is 403 g/mol. The summed E-state index contributed by atoms with van der Waals surface area (Å²) in [7, 11) is 0. The molecule has 3 N–H and O–H groups in total. The Morgan fingerprint density at radius 1 is 1.00 bits per heavy atom. The van der Waals surface area contributed by atoms with E-state index < -0.39 is 29.2 Å². The number of aliphatic hydroxyl groups is 1. The molecule has 29 heavy (non-hydrogen) atoms. The second-order valence-corrected chi connectivity index (χ2v) is 5.59. The zero-order valence-corrected chi connectivity index (χ0v) is 15.9. The van der Waals surface area contributed by atoms with Gasteiger partial charge in [0, 0.05) is 11.1 Å². The fourth-order valence-electron chi connectivity index (χ4n) is 2.63. The lowest BCUT2D eigenvalue weighted by Gasteiger charge is -2.22. The van der Waals surface area contributed by atoms with Gasteiger partial charge in [0.15, 0.2) is 0 Å². The summed E-state index contributed by atoms with van der Waals surface area (Å²) in [6.07, 6.45) is 0. The van der Waals surface area contributed by atoms with E-state index in [2.05, 4.69) is 4.98 Å². The highest BCUT2D eigenvalue weighted by atomic mass is 19.1. The van der Waals surface area contributed by atoms with E-state index in [1.54, 1.807) is 0 Å². The number of rotatable bonds is 4. The minimum absolute atomic E-state index is 0.150. The molecule has 0 unspecified atom stereocenters. The summed E-state index contributed by atoms with van der Waals surface area (Å²) in [5, 5.41) is 9.54. The fraction of sp³-hybridized carbons (Fsp3) is 0.143. The molecule has 3 aromatic rings. The second-order valence-electron chi connectivity index (χ2n) is 5.59. The number of anilines is 2. The minimum Gasteiger partial charge on any atom is -0.392 e. The van der Waals surface area contributed by atoms with E-state index in [1.807, 2.05) is 13.8 Å². The van der Waals surface area contributed by atoms with E-state index in [-0.39, 0.29) is 18.1 Å². The van der Waals surface area contributed by atoms with Crippen LogP contribution in [-0.4, -0.2) is 16.1 Å². The number of primary amides is 1. The van der Waals surface area contributed by atoms with Gasteiger partial charge in [0.25, 0.3) is 0 Å². The van der Waals surface area contributed by atoms with E-state index in [0.717, 1.165) is 18.2 Å². The van der Waals surface area contributed by atoms with Crippen LogP contribution in [0, 0.1) is 17.5 Å². The van der Waals surface area contributed by atoms with Crippen LogP contribution in [0.1, 0.15) is 19.4 Å². The molecule has 0 fully saturated rings. The molecule has 5 nitrogen and oxygen atoms in total. The van der Waals surface area contributed by atoms with Crippen molar-refractivity contribution < 1.29 is 23.1 Å². The number of para-hydroxylation sites is 1. The van der Waals surface area contributed by atoms with Crippen molar-refractivity contribution in [3.8, 4) is 11.3 Å². The van der Waals surface area contributed by atoms with Crippen molar-refractivity contribution in [3.63, 3.8) is 0 Å². The first kappa shape index (κ1) is 21.9. The predicted molar refractivity (Wildman–Crippen MR) is 105 cm³/mol. The van der Waals surface area contributed by atoms with Crippen LogP contribution in [0.3, 0.4) is 0 Å². The van der Waals surface area contributed by atoms with Crippen LogP contribution in [0.5, 0.6) is 0 Å². The fourth-order valence-corrected chi connectivity index (χ4v) is 2.63. The predicted octanol–water partition coefficient (Wildman–Crippen LogP) is 4.90. The Balaban J connectivity index is 0.00000145. The first-order chi connectivity index (χ1) is 13.9. The summed E-state index contributed by atoms with van der Waals surface area (Å²) in [5.41, 5.74) is 5.71. The Morgan fingerprint density at radius 3 is 2.10 bits per heavy atom. The summed E-state index contributed by atoms with van der Waals surface area (Å²) < 4.78 is 41.5. The molecule has 0 atom stereocenters. The summed E-state index contributed by atoms with van der Waals surface area (Å²) in [4.78, 5) is 16.8. The van der Waals surface area contributed by atoms with Crippen molar-refractivity contribution in [3.05, 3.63) is 77.6 Å². The van der Waals surface area contributed by atoms with Gasteiger partial charge in [-0.25, -0.2) is 27.8 Å². The van der Waals surface area contributed by atoms with Gasteiger partial charge in [0.05, 0.1) is 12.3 Å². The van der Waals surface area contributed by atoms with Gasteiger partial charge in [-0.2, -0.15) is 0 Å². The number of aromatic nitrogens is 1. The largest absolute Gasteiger partial charge is 0.392 e. The molecule has 2 aromatic carbocycles. The lowest BCUT2D eigenvalue weighted by atomic mass is 10.1. The summed E-state index contributed by atoms with van der Waals surface area (Å²) in [6, 6.07) is 9.98. The maximum Gasteiger partial charge on any atom is 0.325 e. The van der Waals surface area contributed by atoms with Gasteiger partial charge >= 0.3 is 6.03 Å². The number of aliphatic hydroxyl groups excluding tert-OH is 1. The second kappa shape index (κ2) is 9.70. The Kier molecular flexibility index (Phi) is 7.33. The molecular weight excluding hydrogens is 383 g/mol. The molecule has 0 aliphatic carbocycles. The van der Waals surface area contributed by atoms with Crippen molar-refractivity contribution in [2.45, 2.75) is 20.5 Å². The standard InChI is InChI=1S/C19H14F3N3O2.C2H6/c20-13-7-4-11(5-8-13)17-12(10-26)6-9-16(24-17)25(19(23)27)18-14(21)2-1-3-15(18)22;1-2/h1-9,26H,10H2,(H2,23,27);1-2H3. The van der Waals surface area contributed by atoms with E-state index in [4.69, 9.17) is 5.73 Å². The Labute approximate surface area is 166 Å². The number of benzene rings is 2. The highest BCUT2D eigenvalue weighted by Gasteiger charge is 2.24. The van der Waals surface area contributed by atoms with Crippen LogP contribution < -0.4 is 10.6 Å². The Hall–Kier alpha value is -3.39. The van der Waals surface area contributed by atoms with Gasteiger partial charge in [0.2, 0.25) is 0 Å². The van der Waals surface area contributed by atoms with Crippen molar-refractivity contribution >= 4 is 17.5 Å². The lowest BCUT2D eigenvalue weighted by molar-refractivity contribution is 0.255. The third-order valence-corrected chi connectivity index (χ3v) is 3.86. The molecule has 0 bridgehead atoms. The summed E-state index contributed by atoms with van der Waals surface area (Å²) in [5.74, 6) is -2.61. The number of hydrogen-bond acceptors (Lipinski definition) is 3. The highest BCUT2D eigenvalue weighted by molar-refractivity contribution is 5.98. The topological polar surface area (TPSA) is 79.5 Å². The molecule has 1 heterocycles. The Bertz CT molecular complexity index is 975. The van der Waals surface area contributed by atoms with Crippen LogP contribution in [0.15, 0.2) is 54.6 Å². The number of nitrogens with zero attached hydrogens (tertiary/aromatic N) is 2. The number of pyridine rings is 1. The molecule has 0 saturated heterocycles. The summed E-state index contributed by atoms with van der Waals surface area (Å²) in [6.45, 7) is 3.62. The summed E-state index contributed by atoms with van der Waals surface area (Å²) >= 11 is 0. The number of halogens is 3. The molecule has 0 saturated carbocycles. The van der Waals surface area contributed by atoms with Gasteiger partial charge in [-0.3, -0.25) is 0 Å². The van der Waals surface area contributed by atoms with Crippen LogP contribution in [0.4, 0.5) is 29.5 Å². The molecule has 0 aliphatic rings. The highest BCUT2D eigenvalue weighted by Crippen LogP contribution is 2.32. The first-order valence-electron chi connectivity index (χ1n) is 8.82. The molecule has 8 heteroatoms. The average Bonchev–Trinajstić information content (AvgIpc) is 2.72. The van der Waals surface area contributed by atoms with Gasteiger partial charge < -0.3 is 10.8 Å². The quantitative estimate of drug-likeness (QED) is 0.650. The number of nitrogens with two attached hydrogens (primary N) is 1. The maximum atomic E-state index is 14.2.